The number of hydrogen-bond acceptors (Lipinski definition) is 6. The van der Waals surface area contributed by atoms with Crippen molar-refractivity contribution in [2.24, 2.45) is 0 Å². The van der Waals surface area contributed by atoms with Gasteiger partial charge >= 0.3 is 0 Å². The Kier molecular flexibility index (Phi) is 6.56. The molecule has 3 rings (SSSR count). The highest BCUT2D eigenvalue weighted by Crippen LogP contribution is 2.30. The Bertz CT molecular complexity index is 1180. The van der Waals surface area contributed by atoms with Crippen molar-refractivity contribution in [1.82, 2.24) is 9.62 Å². The SMILES string of the molecule is COc1ccc(Cl)cc1C=C1CNC(=O)CN(S(=O)(=O)c2cc(C)ccc2OC)C1=O. The molecule has 164 valence electrons. The van der Waals surface area contributed by atoms with Gasteiger partial charge in [0.15, 0.2) is 0 Å². The van der Waals surface area contributed by atoms with Crippen molar-refractivity contribution in [2.75, 3.05) is 27.3 Å². The lowest BCUT2D eigenvalue weighted by Crippen LogP contribution is -2.40. The maximum Gasteiger partial charge on any atom is 0.270 e. The zero-order valence-corrected chi connectivity index (χ0v) is 18.7. The molecule has 0 spiro atoms. The van der Waals surface area contributed by atoms with Crippen LogP contribution in [0.4, 0.5) is 0 Å². The molecule has 2 aromatic carbocycles. The number of hydrogen-bond donors (Lipinski definition) is 1. The minimum absolute atomic E-state index is 0.0570. The number of aryl methyl sites for hydroxylation is 1. The fraction of sp³-hybridized carbons (Fsp3) is 0.238. The second-order valence-electron chi connectivity index (χ2n) is 6.80. The summed E-state index contributed by atoms with van der Waals surface area (Å²) in [7, 11) is -1.59. The molecule has 0 aliphatic carbocycles. The molecule has 0 saturated carbocycles. The number of nitrogens with one attached hydrogen (secondary N) is 1. The monoisotopic (exact) mass is 464 g/mol. The smallest absolute Gasteiger partial charge is 0.270 e. The third-order valence-electron chi connectivity index (χ3n) is 4.67. The zero-order chi connectivity index (χ0) is 22.8. The third-order valence-corrected chi connectivity index (χ3v) is 6.66. The van der Waals surface area contributed by atoms with Crippen LogP contribution in [0.2, 0.25) is 5.02 Å². The Labute approximate surface area is 185 Å². The first-order valence-corrected chi connectivity index (χ1v) is 11.0. The molecule has 0 bridgehead atoms. The van der Waals surface area contributed by atoms with Gasteiger partial charge in [-0.3, -0.25) is 9.59 Å². The van der Waals surface area contributed by atoms with Gasteiger partial charge in [-0.15, -0.1) is 0 Å². The van der Waals surface area contributed by atoms with Crippen LogP contribution >= 0.6 is 11.6 Å². The molecule has 1 aliphatic heterocycles. The van der Waals surface area contributed by atoms with Gasteiger partial charge in [0, 0.05) is 22.7 Å². The quantitative estimate of drug-likeness (QED) is 0.682. The van der Waals surface area contributed by atoms with E-state index in [1.807, 2.05) is 0 Å². The van der Waals surface area contributed by atoms with Crippen LogP contribution in [-0.4, -0.2) is 51.8 Å². The summed E-state index contributed by atoms with van der Waals surface area (Å²) in [5.74, 6) is -0.922. The second kappa shape index (κ2) is 8.99. The van der Waals surface area contributed by atoms with E-state index in [9.17, 15) is 18.0 Å². The highest BCUT2D eigenvalue weighted by Gasteiger charge is 2.37. The van der Waals surface area contributed by atoms with E-state index >= 15 is 0 Å². The van der Waals surface area contributed by atoms with Crippen LogP contribution in [0.1, 0.15) is 11.1 Å². The zero-order valence-electron chi connectivity index (χ0n) is 17.1. The van der Waals surface area contributed by atoms with Crippen LogP contribution in [0.3, 0.4) is 0 Å². The Hall–Kier alpha value is -3.04. The molecular weight excluding hydrogens is 444 g/mol. The highest BCUT2D eigenvalue weighted by molar-refractivity contribution is 7.89. The predicted molar refractivity (Wildman–Crippen MR) is 116 cm³/mol. The molecule has 0 radical (unpaired) electrons. The van der Waals surface area contributed by atoms with E-state index in [0.29, 0.717) is 26.2 Å². The van der Waals surface area contributed by atoms with Gasteiger partial charge in [-0.05, 0) is 48.9 Å². The van der Waals surface area contributed by atoms with Crippen molar-refractivity contribution in [1.29, 1.82) is 0 Å². The van der Waals surface area contributed by atoms with Gasteiger partial charge in [0.05, 0.1) is 14.2 Å². The Morgan fingerprint density at radius 3 is 2.42 bits per heavy atom. The number of halogens is 1. The summed E-state index contributed by atoms with van der Waals surface area (Å²) in [6, 6.07) is 9.41. The number of sulfonamides is 1. The molecule has 8 nitrogen and oxygen atoms in total. The van der Waals surface area contributed by atoms with Gasteiger partial charge in [0.25, 0.3) is 15.9 Å². The molecule has 0 aromatic heterocycles. The summed E-state index contributed by atoms with van der Waals surface area (Å²) in [5.41, 5.74) is 1.19. The largest absolute Gasteiger partial charge is 0.496 e. The van der Waals surface area contributed by atoms with Crippen LogP contribution in [0.25, 0.3) is 6.08 Å². The van der Waals surface area contributed by atoms with E-state index in [1.54, 1.807) is 31.2 Å². The summed E-state index contributed by atoms with van der Waals surface area (Å²) in [4.78, 5) is 25.3. The van der Waals surface area contributed by atoms with Gasteiger partial charge in [0.1, 0.15) is 22.9 Å². The maximum atomic E-state index is 13.4. The maximum absolute atomic E-state index is 13.4. The molecule has 31 heavy (non-hydrogen) atoms. The molecule has 1 fully saturated rings. The third kappa shape index (κ3) is 4.67. The van der Waals surface area contributed by atoms with Crippen LogP contribution in [-0.2, 0) is 19.6 Å². The Morgan fingerprint density at radius 1 is 1.06 bits per heavy atom. The first kappa shape index (κ1) is 22.6. The number of carbonyl (C=O) groups is 2. The summed E-state index contributed by atoms with van der Waals surface area (Å²) >= 11 is 6.05. The lowest BCUT2D eigenvalue weighted by Gasteiger charge is -2.21. The number of carbonyl (C=O) groups excluding carboxylic acids is 2. The fourth-order valence-electron chi connectivity index (χ4n) is 3.10. The summed E-state index contributed by atoms with van der Waals surface area (Å²) in [6.45, 7) is 0.915. The van der Waals surface area contributed by atoms with Gasteiger partial charge in [-0.2, -0.15) is 0 Å². The Balaban J connectivity index is 2.12. The van der Waals surface area contributed by atoms with Crippen LogP contribution in [0.5, 0.6) is 11.5 Å². The summed E-state index contributed by atoms with van der Waals surface area (Å²) < 4.78 is 37.8. The molecule has 0 atom stereocenters. The van der Waals surface area contributed by atoms with Crippen molar-refractivity contribution >= 4 is 39.5 Å². The van der Waals surface area contributed by atoms with Crippen molar-refractivity contribution in [3.8, 4) is 11.5 Å². The number of rotatable bonds is 5. The van der Waals surface area contributed by atoms with Crippen molar-refractivity contribution in [2.45, 2.75) is 11.8 Å². The predicted octanol–water partition coefficient (Wildman–Crippen LogP) is 2.40. The summed E-state index contributed by atoms with van der Waals surface area (Å²) in [5, 5.41) is 2.96. The molecule has 1 saturated heterocycles. The number of methoxy groups -OCH3 is 2. The van der Waals surface area contributed by atoms with Crippen molar-refractivity contribution in [3.63, 3.8) is 0 Å². The molecule has 0 unspecified atom stereocenters. The first-order chi connectivity index (χ1) is 14.7. The average molecular weight is 465 g/mol. The number of benzene rings is 2. The van der Waals surface area contributed by atoms with Crippen LogP contribution in [0.15, 0.2) is 46.9 Å². The minimum Gasteiger partial charge on any atom is -0.496 e. The van der Waals surface area contributed by atoms with Crippen LogP contribution in [0, 0.1) is 6.92 Å². The first-order valence-electron chi connectivity index (χ1n) is 9.20. The number of amides is 2. The van der Waals surface area contributed by atoms with Gasteiger partial charge in [0.2, 0.25) is 5.91 Å². The van der Waals surface area contributed by atoms with E-state index in [0.717, 1.165) is 0 Å². The highest BCUT2D eigenvalue weighted by atomic mass is 35.5. The lowest BCUT2D eigenvalue weighted by atomic mass is 10.1. The van der Waals surface area contributed by atoms with Crippen LogP contribution < -0.4 is 14.8 Å². The van der Waals surface area contributed by atoms with Gasteiger partial charge in [-0.1, -0.05) is 17.7 Å². The second-order valence-corrected chi connectivity index (χ2v) is 9.07. The minimum atomic E-state index is -4.38. The molecule has 2 amide bonds. The normalized spacial score (nSPS) is 16.1. The molecule has 1 N–H and O–H groups in total. The van der Waals surface area contributed by atoms with E-state index in [-0.39, 0.29) is 22.8 Å². The topological polar surface area (TPSA) is 102 Å². The number of ether oxygens (including phenoxy) is 2. The molecule has 2 aromatic rings. The van der Waals surface area contributed by atoms with E-state index in [2.05, 4.69) is 5.32 Å². The number of nitrogens with zero attached hydrogens (tertiary/aromatic N) is 1. The molecule has 10 heteroatoms. The average Bonchev–Trinajstić information content (AvgIpc) is 2.87. The molecule has 1 heterocycles. The van der Waals surface area contributed by atoms with Crippen molar-refractivity contribution in [3.05, 3.63) is 58.1 Å². The van der Waals surface area contributed by atoms with E-state index < -0.39 is 28.4 Å². The fourth-order valence-corrected chi connectivity index (χ4v) is 4.89. The van der Waals surface area contributed by atoms with E-state index in [4.69, 9.17) is 21.1 Å². The summed E-state index contributed by atoms with van der Waals surface area (Å²) in [6.07, 6.45) is 1.45. The van der Waals surface area contributed by atoms with Gasteiger partial charge in [-0.25, -0.2) is 12.7 Å². The van der Waals surface area contributed by atoms with E-state index in [1.165, 1.54) is 32.4 Å². The Morgan fingerprint density at radius 2 is 1.74 bits per heavy atom. The lowest BCUT2D eigenvalue weighted by molar-refractivity contribution is -0.127. The van der Waals surface area contributed by atoms with Crippen molar-refractivity contribution < 1.29 is 27.5 Å². The molecule has 1 aliphatic rings. The van der Waals surface area contributed by atoms with Gasteiger partial charge < -0.3 is 14.8 Å². The standard InChI is InChI=1S/C21H21ClN2O6S/c1-13-4-6-18(30-3)19(8-13)31(27,28)24-12-20(25)23-11-15(21(24)26)9-14-10-16(22)5-7-17(14)29-2/h4-10H,11-12H2,1-3H3,(H,23,25). The molecular formula is C21H21ClN2O6S.